The van der Waals surface area contributed by atoms with Crippen LogP contribution in [-0.2, 0) is 10.2 Å². The number of hydrogen-bond acceptors (Lipinski definition) is 4. The number of rotatable bonds is 3. The molecule has 0 aliphatic heterocycles. The van der Waals surface area contributed by atoms with E-state index in [2.05, 4.69) is 25.8 Å². The fraction of sp³-hybridized carbons (Fsp3) is 0.647. The molecule has 0 aliphatic rings. The minimum Gasteiger partial charge on any atom is -0.496 e. The second kappa shape index (κ2) is 6.55. The largest absolute Gasteiger partial charge is 0.496 e. The quantitative estimate of drug-likeness (QED) is 0.841. The first-order valence-electron chi connectivity index (χ1n) is 7.54. The molecule has 0 bridgehead atoms. The summed E-state index contributed by atoms with van der Waals surface area (Å²) in [6.45, 7) is 14.2. The van der Waals surface area contributed by atoms with Gasteiger partial charge >= 0.3 is 6.09 Å². The van der Waals surface area contributed by atoms with Gasteiger partial charge in [0.15, 0.2) is 0 Å². The highest BCUT2D eigenvalue weighted by molar-refractivity contribution is 5.86. The predicted octanol–water partition coefficient (Wildman–Crippen LogP) is 4.15. The van der Waals surface area contributed by atoms with Crippen molar-refractivity contribution in [3.05, 3.63) is 17.8 Å². The lowest BCUT2D eigenvalue weighted by molar-refractivity contribution is 0.0581. The van der Waals surface area contributed by atoms with Crippen LogP contribution in [0.2, 0.25) is 0 Å². The van der Waals surface area contributed by atoms with Gasteiger partial charge in [0.1, 0.15) is 17.2 Å². The number of amides is 1. The predicted molar refractivity (Wildman–Crippen MR) is 88.7 cm³/mol. The van der Waals surface area contributed by atoms with Crippen molar-refractivity contribution >= 4 is 11.9 Å². The van der Waals surface area contributed by atoms with Crippen molar-refractivity contribution in [1.29, 1.82) is 0 Å². The molecule has 0 spiro atoms. The lowest BCUT2D eigenvalue weighted by Crippen LogP contribution is -2.37. The van der Waals surface area contributed by atoms with Crippen LogP contribution >= 0.6 is 0 Å². The number of carbonyl (C=O) groups excluding carboxylic acids is 1. The second-order valence-corrected chi connectivity index (χ2v) is 7.22. The molecule has 0 saturated heterocycles. The summed E-state index contributed by atoms with van der Waals surface area (Å²) >= 11 is 0. The van der Waals surface area contributed by atoms with Gasteiger partial charge in [0.2, 0.25) is 0 Å². The van der Waals surface area contributed by atoms with Crippen molar-refractivity contribution in [1.82, 2.24) is 4.98 Å². The molecule has 1 amide bonds. The number of carbonyl (C=O) groups is 1. The van der Waals surface area contributed by atoms with Gasteiger partial charge in [0, 0.05) is 24.4 Å². The zero-order chi connectivity index (χ0) is 17.1. The lowest BCUT2D eigenvalue weighted by Gasteiger charge is -2.27. The zero-order valence-corrected chi connectivity index (χ0v) is 15.0. The van der Waals surface area contributed by atoms with Crippen LogP contribution in [0.25, 0.3) is 0 Å². The van der Waals surface area contributed by atoms with Crippen LogP contribution in [0.15, 0.2) is 12.3 Å². The number of anilines is 1. The Labute approximate surface area is 133 Å². The first-order chi connectivity index (χ1) is 9.99. The van der Waals surface area contributed by atoms with E-state index in [0.29, 0.717) is 12.4 Å². The summed E-state index contributed by atoms with van der Waals surface area (Å²) in [6.07, 6.45) is 1.36. The van der Waals surface area contributed by atoms with E-state index in [0.717, 1.165) is 11.3 Å². The molecular weight excluding hydrogens is 280 g/mol. The summed E-state index contributed by atoms with van der Waals surface area (Å²) in [7, 11) is 1.62. The Morgan fingerprint density at radius 3 is 2.23 bits per heavy atom. The van der Waals surface area contributed by atoms with E-state index < -0.39 is 11.7 Å². The third-order valence-corrected chi connectivity index (χ3v) is 3.09. The first-order valence-corrected chi connectivity index (χ1v) is 7.54. The molecule has 0 saturated carbocycles. The van der Waals surface area contributed by atoms with Crippen LogP contribution in [-0.4, -0.2) is 30.3 Å². The molecule has 1 aromatic rings. The molecule has 1 rings (SSSR count). The minimum atomic E-state index is -0.542. The molecule has 22 heavy (non-hydrogen) atoms. The SMILES string of the molecule is CCN(C(=O)OC(C)(C)C)c1cc(OC)c(C(C)(C)C)cn1. The molecule has 0 radical (unpaired) electrons. The number of pyridine rings is 1. The Balaban J connectivity index is 3.16. The molecule has 0 fully saturated rings. The maximum Gasteiger partial charge on any atom is 0.415 e. The molecule has 5 heteroatoms. The van der Waals surface area contributed by atoms with Crippen LogP contribution in [0.5, 0.6) is 5.75 Å². The van der Waals surface area contributed by atoms with E-state index in [4.69, 9.17) is 9.47 Å². The molecule has 1 heterocycles. The van der Waals surface area contributed by atoms with Crippen LogP contribution in [0.4, 0.5) is 10.6 Å². The lowest BCUT2D eigenvalue weighted by atomic mass is 9.87. The van der Waals surface area contributed by atoms with Crippen molar-refractivity contribution in [2.75, 3.05) is 18.6 Å². The Morgan fingerprint density at radius 1 is 1.23 bits per heavy atom. The number of nitrogens with zero attached hydrogens (tertiary/aromatic N) is 2. The monoisotopic (exact) mass is 308 g/mol. The normalized spacial score (nSPS) is 12.0. The smallest absolute Gasteiger partial charge is 0.415 e. The molecule has 0 atom stereocenters. The van der Waals surface area contributed by atoms with Gasteiger partial charge in [-0.25, -0.2) is 9.78 Å². The van der Waals surface area contributed by atoms with Gasteiger partial charge in [-0.05, 0) is 33.1 Å². The molecule has 1 aromatic heterocycles. The summed E-state index contributed by atoms with van der Waals surface area (Å²) in [5.41, 5.74) is 0.374. The number of ether oxygens (including phenoxy) is 2. The van der Waals surface area contributed by atoms with Crippen molar-refractivity contribution < 1.29 is 14.3 Å². The molecule has 0 unspecified atom stereocenters. The van der Waals surface area contributed by atoms with E-state index in [1.54, 1.807) is 19.4 Å². The minimum absolute atomic E-state index is 0.0835. The average molecular weight is 308 g/mol. The van der Waals surface area contributed by atoms with Gasteiger partial charge in [-0.1, -0.05) is 20.8 Å². The highest BCUT2D eigenvalue weighted by Gasteiger charge is 2.25. The van der Waals surface area contributed by atoms with Crippen LogP contribution in [0, 0.1) is 0 Å². The van der Waals surface area contributed by atoms with E-state index in [9.17, 15) is 4.79 Å². The second-order valence-electron chi connectivity index (χ2n) is 7.22. The molecule has 0 aliphatic carbocycles. The van der Waals surface area contributed by atoms with Gasteiger partial charge in [-0.15, -0.1) is 0 Å². The molecule has 5 nitrogen and oxygen atoms in total. The number of hydrogen-bond donors (Lipinski definition) is 0. The number of methoxy groups -OCH3 is 1. The first kappa shape index (κ1) is 18.3. The number of aromatic nitrogens is 1. The highest BCUT2D eigenvalue weighted by Crippen LogP contribution is 2.33. The van der Waals surface area contributed by atoms with Gasteiger partial charge in [-0.2, -0.15) is 0 Å². The molecule has 124 valence electrons. The van der Waals surface area contributed by atoms with Crippen molar-refractivity contribution in [2.24, 2.45) is 0 Å². The van der Waals surface area contributed by atoms with Crippen molar-refractivity contribution in [3.8, 4) is 5.75 Å². The Kier molecular flexibility index (Phi) is 5.44. The molecule has 0 N–H and O–H groups in total. The summed E-state index contributed by atoms with van der Waals surface area (Å²) in [5, 5.41) is 0. The third-order valence-electron chi connectivity index (χ3n) is 3.09. The van der Waals surface area contributed by atoms with Gasteiger partial charge in [0.05, 0.1) is 7.11 Å². The summed E-state index contributed by atoms with van der Waals surface area (Å²) in [6, 6.07) is 1.79. The zero-order valence-electron chi connectivity index (χ0n) is 15.0. The van der Waals surface area contributed by atoms with Crippen molar-refractivity contribution in [3.63, 3.8) is 0 Å². The van der Waals surface area contributed by atoms with Crippen LogP contribution in [0.3, 0.4) is 0 Å². The average Bonchev–Trinajstić information content (AvgIpc) is 2.35. The standard InChI is InChI=1S/C17H28N2O3/c1-9-19(15(20)22-17(5,6)7)14-10-13(21-8)12(11-18-14)16(2,3)4/h10-11H,9H2,1-8H3. The molecular formula is C17H28N2O3. The molecule has 0 aromatic carbocycles. The van der Waals surface area contributed by atoms with Crippen LogP contribution < -0.4 is 9.64 Å². The summed E-state index contributed by atoms with van der Waals surface area (Å²) < 4.78 is 10.9. The summed E-state index contributed by atoms with van der Waals surface area (Å²) in [4.78, 5) is 18.2. The van der Waals surface area contributed by atoms with E-state index >= 15 is 0 Å². The van der Waals surface area contributed by atoms with E-state index in [1.165, 1.54) is 4.90 Å². The Morgan fingerprint density at radius 2 is 1.82 bits per heavy atom. The fourth-order valence-electron chi connectivity index (χ4n) is 2.01. The van der Waals surface area contributed by atoms with E-state index in [1.807, 2.05) is 27.7 Å². The highest BCUT2D eigenvalue weighted by atomic mass is 16.6. The van der Waals surface area contributed by atoms with Crippen LogP contribution in [0.1, 0.15) is 54.0 Å². The maximum absolute atomic E-state index is 12.3. The van der Waals surface area contributed by atoms with Gasteiger partial charge in [-0.3, -0.25) is 4.90 Å². The van der Waals surface area contributed by atoms with E-state index in [-0.39, 0.29) is 5.41 Å². The maximum atomic E-state index is 12.3. The Hall–Kier alpha value is -1.78. The van der Waals surface area contributed by atoms with Crippen molar-refractivity contribution in [2.45, 2.75) is 59.5 Å². The topological polar surface area (TPSA) is 51.7 Å². The summed E-state index contributed by atoms with van der Waals surface area (Å²) in [5.74, 6) is 1.25. The Bertz CT molecular complexity index is 528. The third kappa shape index (κ3) is 4.61. The van der Waals surface area contributed by atoms with Gasteiger partial charge < -0.3 is 9.47 Å². The van der Waals surface area contributed by atoms with Gasteiger partial charge in [0.25, 0.3) is 0 Å². The fourth-order valence-corrected chi connectivity index (χ4v) is 2.01.